The van der Waals surface area contributed by atoms with Gasteiger partial charge < -0.3 is 10.5 Å². The molecule has 6 heteroatoms. The number of nitrogen functional groups attached to an aromatic ring is 1. The lowest BCUT2D eigenvalue weighted by Gasteiger charge is -2.16. The molecule has 0 bridgehead atoms. The van der Waals surface area contributed by atoms with Crippen molar-refractivity contribution in [1.82, 2.24) is 9.97 Å². The van der Waals surface area contributed by atoms with Crippen molar-refractivity contribution in [2.45, 2.75) is 40.2 Å². The third kappa shape index (κ3) is 5.49. The number of nitrogens with zero attached hydrogens (tertiary/aromatic N) is 2. The Morgan fingerprint density at radius 2 is 1.79 bits per heavy atom. The third-order valence-electron chi connectivity index (χ3n) is 3.58. The van der Waals surface area contributed by atoms with Gasteiger partial charge in [0.15, 0.2) is 0 Å². The number of ether oxygens (including phenoxy) is 1. The number of aromatic nitrogens is 2. The van der Waals surface area contributed by atoms with Crippen LogP contribution in [0.3, 0.4) is 0 Å². The first-order chi connectivity index (χ1) is 11.2. The van der Waals surface area contributed by atoms with Crippen molar-refractivity contribution in [3.05, 3.63) is 46.6 Å². The van der Waals surface area contributed by atoms with Gasteiger partial charge >= 0.3 is 0 Å². The van der Waals surface area contributed by atoms with Crippen molar-refractivity contribution in [3.8, 4) is 5.88 Å². The predicted molar refractivity (Wildman–Crippen MR) is 95.0 cm³/mol. The van der Waals surface area contributed by atoms with Crippen LogP contribution in [0, 0.1) is 5.41 Å². The summed E-state index contributed by atoms with van der Waals surface area (Å²) in [7, 11) is 0. The average Bonchev–Trinajstić information content (AvgIpc) is 2.49. The third-order valence-corrected chi connectivity index (χ3v) is 3.77. The second-order valence-electron chi connectivity index (χ2n) is 6.67. The molecule has 0 spiro atoms. The second kappa shape index (κ2) is 7.62. The fourth-order valence-electron chi connectivity index (χ4n) is 2.08. The van der Waals surface area contributed by atoms with E-state index in [2.05, 4.69) is 9.97 Å². The lowest BCUT2D eigenvalue weighted by molar-refractivity contribution is -0.126. The Bertz CT molecular complexity index is 689. The molecule has 0 aliphatic heterocycles. The van der Waals surface area contributed by atoms with Crippen LogP contribution in [-0.2, 0) is 17.8 Å². The number of hydrogen-bond donors (Lipinski definition) is 1. The first-order valence-corrected chi connectivity index (χ1v) is 8.16. The van der Waals surface area contributed by atoms with Gasteiger partial charge in [-0.15, -0.1) is 0 Å². The number of nitrogens with two attached hydrogens (primary N) is 1. The zero-order chi connectivity index (χ0) is 17.7. The topological polar surface area (TPSA) is 78.1 Å². The Balaban J connectivity index is 1.89. The van der Waals surface area contributed by atoms with Crippen LogP contribution in [0.2, 0.25) is 5.15 Å². The van der Waals surface area contributed by atoms with Gasteiger partial charge in [0.1, 0.15) is 17.5 Å². The van der Waals surface area contributed by atoms with Crippen molar-refractivity contribution in [2.75, 3.05) is 5.73 Å². The van der Waals surface area contributed by atoms with E-state index >= 15 is 0 Å². The van der Waals surface area contributed by atoms with Gasteiger partial charge in [-0.25, -0.2) is 4.98 Å². The maximum atomic E-state index is 12.0. The van der Waals surface area contributed by atoms with E-state index in [1.807, 2.05) is 45.0 Å². The van der Waals surface area contributed by atoms with E-state index in [0.717, 1.165) is 17.5 Å². The number of halogens is 1. The fourth-order valence-corrected chi connectivity index (χ4v) is 2.26. The maximum absolute atomic E-state index is 12.0. The number of carbonyl (C=O) groups excluding carboxylic acids is 1. The number of carbonyl (C=O) groups is 1. The number of hydrogen-bond acceptors (Lipinski definition) is 5. The summed E-state index contributed by atoms with van der Waals surface area (Å²) >= 11 is 5.81. The van der Waals surface area contributed by atoms with Crippen LogP contribution in [0.15, 0.2) is 30.3 Å². The highest BCUT2D eigenvalue weighted by Gasteiger charge is 2.20. The highest BCUT2D eigenvalue weighted by Crippen LogP contribution is 2.19. The number of Topliss-reactive ketones (excluding diaryl/α,β-unsaturated/α-hetero) is 1. The van der Waals surface area contributed by atoms with Crippen LogP contribution in [0.4, 0.5) is 5.95 Å². The normalized spacial score (nSPS) is 11.3. The van der Waals surface area contributed by atoms with Gasteiger partial charge in [0.2, 0.25) is 11.8 Å². The molecule has 0 aliphatic rings. The molecule has 2 rings (SSSR count). The van der Waals surface area contributed by atoms with E-state index in [1.54, 1.807) is 0 Å². The Kier molecular flexibility index (Phi) is 5.78. The van der Waals surface area contributed by atoms with Crippen molar-refractivity contribution in [1.29, 1.82) is 0 Å². The molecular formula is C18H22ClN3O2. The molecule has 1 heterocycles. The van der Waals surface area contributed by atoms with E-state index in [9.17, 15) is 4.79 Å². The van der Waals surface area contributed by atoms with Gasteiger partial charge in [0.05, 0.1) is 0 Å². The molecule has 2 N–H and O–H groups in total. The van der Waals surface area contributed by atoms with E-state index in [-0.39, 0.29) is 22.3 Å². The maximum Gasteiger partial charge on any atom is 0.224 e. The molecule has 0 saturated carbocycles. The van der Waals surface area contributed by atoms with E-state index in [4.69, 9.17) is 22.1 Å². The van der Waals surface area contributed by atoms with Gasteiger partial charge in [-0.2, -0.15) is 4.98 Å². The van der Waals surface area contributed by atoms with Crippen molar-refractivity contribution < 1.29 is 9.53 Å². The number of aryl methyl sites for hydroxylation is 1. The Morgan fingerprint density at radius 3 is 2.38 bits per heavy atom. The molecule has 0 radical (unpaired) electrons. The predicted octanol–water partition coefficient (Wildman–Crippen LogP) is 3.84. The summed E-state index contributed by atoms with van der Waals surface area (Å²) in [5.41, 5.74) is 7.36. The van der Waals surface area contributed by atoms with Crippen LogP contribution in [-0.4, -0.2) is 15.8 Å². The smallest absolute Gasteiger partial charge is 0.224 e. The first-order valence-electron chi connectivity index (χ1n) is 7.78. The lowest BCUT2D eigenvalue weighted by atomic mass is 9.87. The molecule has 128 valence electrons. The molecule has 24 heavy (non-hydrogen) atoms. The molecular weight excluding hydrogens is 326 g/mol. The van der Waals surface area contributed by atoms with Gasteiger partial charge in [-0.1, -0.05) is 56.6 Å². The molecule has 5 nitrogen and oxygen atoms in total. The summed E-state index contributed by atoms with van der Waals surface area (Å²) < 4.78 is 5.57. The molecule has 2 aromatic rings. The Hall–Kier alpha value is -2.14. The van der Waals surface area contributed by atoms with Gasteiger partial charge in [-0.05, 0) is 17.5 Å². The van der Waals surface area contributed by atoms with Crippen molar-refractivity contribution >= 4 is 23.3 Å². The molecule has 0 saturated heterocycles. The molecule has 0 amide bonds. The Labute approximate surface area is 147 Å². The van der Waals surface area contributed by atoms with Gasteiger partial charge in [0.25, 0.3) is 0 Å². The number of ketones is 1. The zero-order valence-corrected chi connectivity index (χ0v) is 14.9. The minimum Gasteiger partial charge on any atom is -0.473 e. The Morgan fingerprint density at radius 1 is 1.17 bits per heavy atom. The number of anilines is 1. The van der Waals surface area contributed by atoms with Crippen LogP contribution >= 0.6 is 11.6 Å². The second-order valence-corrected chi connectivity index (χ2v) is 7.05. The van der Waals surface area contributed by atoms with Crippen LogP contribution in [0.1, 0.15) is 38.3 Å². The van der Waals surface area contributed by atoms with Crippen LogP contribution < -0.4 is 10.5 Å². The summed E-state index contributed by atoms with van der Waals surface area (Å²) in [6.45, 7) is 6.19. The minimum atomic E-state index is -0.283. The molecule has 0 unspecified atom stereocenters. The monoisotopic (exact) mass is 347 g/mol. The molecule has 1 aromatic heterocycles. The number of benzene rings is 1. The molecule has 0 fully saturated rings. The summed E-state index contributed by atoms with van der Waals surface area (Å²) in [5.74, 6) is 0.692. The number of rotatable bonds is 6. The molecule has 1 aromatic carbocycles. The van der Waals surface area contributed by atoms with Crippen molar-refractivity contribution in [2.24, 2.45) is 5.41 Å². The van der Waals surface area contributed by atoms with E-state index < -0.39 is 0 Å². The van der Waals surface area contributed by atoms with Crippen LogP contribution in [0.25, 0.3) is 0 Å². The quantitative estimate of drug-likeness (QED) is 0.803. The summed E-state index contributed by atoms with van der Waals surface area (Å²) in [6, 6.07) is 9.49. The SMILES string of the molecule is CC(C)(C)C(=O)CCc1ccc(COc2cc(Cl)nc(N)n2)cc1. The fraction of sp³-hybridized carbons (Fsp3) is 0.389. The standard InChI is InChI=1S/C18H22ClN3O2/c1-18(2,3)14(23)9-8-12-4-6-13(7-5-12)11-24-16-10-15(19)21-17(20)22-16/h4-7,10H,8-9,11H2,1-3H3,(H2,20,21,22). The van der Waals surface area contributed by atoms with E-state index in [0.29, 0.717) is 18.9 Å². The van der Waals surface area contributed by atoms with Gasteiger partial charge in [0, 0.05) is 17.9 Å². The van der Waals surface area contributed by atoms with E-state index in [1.165, 1.54) is 6.07 Å². The minimum absolute atomic E-state index is 0.0800. The largest absolute Gasteiger partial charge is 0.473 e. The summed E-state index contributed by atoms with van der Waals surface area (Å²) in [6.07, 6.45) is 1.30. The van der Waals surface area contributed by atoms with Crippen LogP contribution in [0.5, 0.6) is 5.88 Å². The summed E-state index contributed by atoms with van der Waals surface area (Å²) in [4.78, 5) is 19.7. The zero-order valence-electron chi connectivity index (χ0n) is 14.2. The first kappa shape index (κ1) is 18.2. The molecule has 0 aliphatic carbocycles. The highest BCUT2D eigenvalue weighted by atomic mass is 35.5. The van der Waals surface area contributed by atoms with Gasteiger partial charge in [-0.3, -0.25) is 4.79 Å². The average molecular weight is 348 g/mol. The molecule has 0 atom stereocenters. The highest BCUT2D eigenvalue weighted by molar-refractivity contribution is 6.29. The lowest BCUT2D eigenvalue weighted by Crippen LogP contribution is -2.20. The van der Waals surface area contributed by atoms with Crippen molar-refractivity contribution in [3.63, 3.8) is 0 Å². The summed E-state index contributed by atoms with van der Waals surface area (Å²) in [5, 5.41) is 0.247.